The van der Waals surface area contributed by atoms with Gasteiger partial charge in [0.15, 0.2) is 22.6 Å². The number of aromatic amines is 2. The fourth-order valence-electron chi connectivity index (χ4n) is 8.42. The number of benzene rings is 6. The molecule has 84 heavy (non-hydrogen) atoms. The largest absolute Gasteiger partial charge is 0.0622 e. The molecular weight excluding hydrogens is 1310 g/mol. The molecule has 4 aromatic heterocycles. The molecule has 0 saturated heterocycles. The van der Waals surface area contributed by atoms with E-state index in [4.69, 9.17) is 25.5 Å². The second-order valence-electron chi connectivity index (χ2n) is 21.0. The normalized spacial score (nSPS) is 10.9. The van der Waals surface area contributed by atoms with Gasteiger partial charge in [-0.25, -0.2) is 29.5 Å². The summed E-state index contributed by atoms with van der Waals surface area (Å²) >= 11 is 3.16. The predicted octanol–water partition coefficient (Wildman–Crippen LogP) is 14.7. The molecule has 0 unspecified atom stereocenters. The van der Waals surface area contributed by atoms with Crippen LogP contribution in [0.15, 0.2) is 209 Å². The van der Waals surface area contributed by atoms with E-state index in [-0.39, 0.29) is 39.4 Å². The smallest absolute Gasteiger partial charge is 0.0134 e. The monoisotopic (exact) mass is 1380 g/mol. The molecule has 0 spiro atoms. The van der Waals surface area contributed by atoms with Crippen LogP contribution in [0.5, 0.6) is 0 Å². The minimum Gasteiger partial charge on any atom is -0.0622 e. The van der Waals surface area contributed by atoms with E-state index in [1.807, 2.05) is 0 Å². The summed E-state index contributed by atoms with van der Waals surface area (Å²) in [6, 6.07) is 65.0. The Bertz CT molecular complexity index is 3450. The fraction of sp³-hybridized carbons (Fsp3) is 0.242. The van der Waals surface area contributed by atoms with Crippen molar-refractivity contribution in [2.24, 2.45) is 0 Å². The molecule has 4 heterocycles. The Morgan fingerprint density at radius 3 is 1.05 bits per heavy atom. The number of imidazole rings is 2. The van der Waals surface area contributed by atoms with Crippen molar-refractivity contribution in [3.63, 3.8) is 0 Å². The molecule has 0 aliphatic carbocycles. The van der Waals surface area contributed by atoms with Gasteiger partial charge >= 0.3 is 46.4 Å². The van der Waals surface area contributed by atoms with Gasteiger partial charge in [-0.1, -0.05) is 255 Å². The van der Waals surface area contributed by atoms with E-state index in [0.717, 1.165) is 25.7 Å². The minimum absolute atomic E-state index is 0.106. The van der Waals surface area contributed by atoms with Crippen molar-refractivity contribution in [3.8, 4) is 23.4 Å². The molecule has 0 radical (unpaired) electrons. The predicted molar refractivity (Wildman–Crippen MR) is 368 cm³/mol. The summed E-state index contributed by atoms with van der Waals surface area (Å²) < 4.78 is 4.04. The molecule has 0 aliphatic rings. The van der Waals surface area contributed by atoms with E-state index in [2.05, 4.69) is 312 Å². The van der Waals surface area contributed by atoms with Crippen LogP contribution < -0.4 is 43.2 Å². The first-order valence-corrected chi connectivity index (χ1v) is 42.2. The number of terminal acetylenes is 1. The molecule has 18 heteroatoms. The fourth-order valence-corrected chi connectivity index (χ4v) is 13.8. The summed E-state index contributed by atoms with van der Waals surface area (Å²) in [4.78, 5) is 46.7. The summed E-state index contributed by atoms with van der Waals surface area (Å²) in [6.07, 6.45) is 11.9. The second-order valence-corrected chi connectivity index (χ2v) is 38.1. The van der Waals surface area contributed by atoms with Crippen molar-refractivity contribution in [1.29, 1.82) is 0 Å². The van der Waals surface area contributed by atoms with Crippen molar-refractivity contribution in [2.45, 2.75) is 105 Å². The summed E-state index contributed by atoms with van der Waals surface area (Å²) in [5.74, 6) is 3.10. The molecule has 6 aromatic carbocycles. The third kappa shape index (κ3) is 21.6. The quantitative estimate of drug-likeness (QED) is 0.0713. The maximum absolute atomic E-state index is 12.1. The number of aromatic nitrogens is 8. The topological polar surface area (TPSA) is 127 Å². The molecule has 10 rings (SSSR count). The van der Waals surface area contributed by atoms with E-state index >= 15 is 0 Å². The average molecular weight is 1390 g/mol. The third-order valence-corrected chi connectivity index (χ3v) is 19.5. The van der Waals surface area contributed by atoms with E-state index in [0.29, 0.717) is 32.9 Å². The van der Waals surface area contributed by atoms with Gasteiger partial charge in [0.25, 0.3) is 0 Å². The number of H-pyrrole nitrogens is 2. The molecule has 0 fully saturated rings. The van der Waals surface area contributed by atoms with E-state index in [1.54, 1.807) is 21.5 Å². The number of fused-ring (bicyclic) bond motifs is 2. The van der Waals surface area contributed by atoms with Gasteiger partial charge in [0.2, 0.25) is 0 Å². The zero-order chi connectivity index (χ0) is 61.1. The van der Waals surface area contributed by atoms with Crippen LogP contribution in [0.2, 0.25) is 39.3 Å². The standard InChI is InChI=1S/2C18H15P.C15H22N4OSi.C10H13BrN4O.C5H10Si.2ClH.Pd/c2*1-4-10-16(11-5-1)19(17-12-6-2-7-13-17)18-14-8-3-9-15-18;1-6-12(7-2)19-14-13(18-15(19)20)16-10-11(17-14)8-9-21(3,4)5;1-3-6(4-2)15-9-8(14-10(15)16)12-5-7(11)13-9;1-5-6(2,3)4;;;/h2*1-15H;10,12H,6-7H2,1-5H3,(H,16,18,20);5-6H,3-4H2,1-2H3,(H,12,14,16);1H,2-4H3;2*1H;/q;;;;;;;+2/p-2. The Morgan fingerprint density at radius 2 is 0.786 bits per heavy atom. The van der Waals surface area contributed by atoms with Crippen LogP contribution in [-0.2, 0) is 15.9 Å². The first kappa shape index (κ1) is 68.9. The molecule has 0 amide bonds. The van der Waals surface area contributed by atoms with E-state index in [1.165, 1.54) is 31.8 Å². The number of nitrogens with zero attached hydrogens (tertiary/aromatic N) is 6. The van der Waals surface area contributed by atoms with Gasteiger partial charge in [-0.05, 0) is 89.3 Å². The Labute approximate surface area is 525 Å². The number of halogens is 3. The van der Waals surface area contributed by atoms with Gasteiger partial charge in [0.1, 0.15) is 26.4 Å². The molecule has 2 N–H and O–H groups in total. The van der Waals surface area contributed by atoms with E-state index < -0.39 is 32.0 Å². The zero-order valence-electron chi connectivity index (χ0n) is 49.4. The number of nitrogens with one attached hydrogen (secondary N) is 2. The van der Waals surface area contributed by atoms with Gasteiger partial charge in [-0.3, -0.25) is 19.1 Å². The van der Waals surface area contributed by atoms with E-state index in [9.17, 15) is 9.59 Å². The van der Waals surface area contributed by atoms with Crippen LogP contribution in [-0.4, -0.2) is 55.2 Å². The number of rotatable bonds is 12. The van der Waals surface area contributed by atoms with Crippen molar-refractivity contribution in [3.05, 3.63) is 226 Å². The molecule has 0 bridgehead atoms. The Morgan fingerprint density at radius 1 is 0.512 bits per heavy atom. The van der Waals surface area contributed by atoms with Crippen LogP contribution in [0.3, 0.4) is 0 Å². The third-order valence-electron chi connectivity index (χ3n) is 12.5. The first-order chi connectivity index (χ1) is 40.4. The van der Waals surface area contributed by atoms with Gasteiger partial charge in [-0.15, -0.1) is 17.5 Å². The molecule has 10 aromatic rings. The van der Waals surface area contributed by atoms with Crippen LogP contribution in [0, 0.1) is 23.4 Å². The van der Waals surface area contributed by atoms with Crippen molar-refractivity contribution < 1.29 is 15.9 Å². The van der Waals surface area contributed by atoms with Crippen LogP contribution in [0.4, 0.5) is 0 Å². The molecule has 0 atom stereocenters. The van der Waals surface area contributed by atoms with Crippen LogP contribution in [0.1, 0.15) is 71.2 Å². The Kier molecular flexibility index (Phi) is 29.2. The first-order valence-electron chi connectivity index (χ1n) is 27.7. The molecule has 440 valence electrons. The molecule has 10 nitrogen and oxygen atoms in total. The molecule has 0 saturated carbocycles. The molecular formula is C66H75BrCl2N8O2P2PdSi2. The van der Waals surface area contributed by atoms with Crippen molar-refractivity contribution in [2.75, 3.05) is 0 Å². The van der Waals surface area contributed by atoms with Crippen LogP contribution >= 0.6 is 50.8 Å². The summed E-state index contributed by atoms with van der Waals surface area (Å²) in [7, 11) is 6.18. The Balaban J connectivity index is 0.000000196. The zero-order valence-corrected chi connectivity index (χ0v) is 57.8. The van der Waals surface area contributed by atoms with Crippen LogP contribution in [0.25, 0.3) is 22.6 Å². The minimum atomic E-state index is -1.46. The maximum Gasteiger partial charge on any atom is -0.0134 e. The SMILES string of the molecule is C#C[Si](C)(C)C.CCC(CC)n1c(=O)[nH]c2ncc(Br)nc21.CCC(CC)n1c(=O)[nH]c2ncc(C#C[Si](C)(C)C)nc21.[Cl][Pd][Cl].c1ccc(P(c2ccccc2)c2ccccc2)cc1.c1ccc(P(c2ccccc2)c2ccccc2)cc1. The molecule has 0 aliphatic heterocycles. The maximum atomic E-state index is 12.1. The van der Waals surface area contributed by atoms with Gasteiger partial charge in [0.05, 0.1) is 12.4 Å². The van der Waals surface area contributed by atoms with Crippen molar-refractivity contribution in [1.82, 2.24) is 39.0 Å². The summed E-state index contributed by atoms with van der Waals surface area (Å²) in [6.45, 7) is 21.2. The van der Waals surface area contributed by atoms with Gasteiger partial charge in [0, 0.05) is 12.1 Å². The average Bonchev–Trinajstić information content (AvgIpc) is 4.19. The summed E-state index contributed by atoms with van der Waals surface area (Å²) in [5.41, 5.74) is 8.67. The van der Waals surface area contributed by atoms with Gasteiger partial charge < -0.3 is 0 Å². The van der Waals surface area contributed by atoms with Crippen molar-refractivity contribution >= 4 is 121 Å². The Hall–Kier alpha value is -5.84. The summed E-state index contributed by atoms with van der Waals surface area (Å²) in [5, 5.41) is 8.39. The van der Waals surface area contributed by atoms with Gasteiger partial charge in [-0.2, -0.15) is 0 Å². The number of hydrogen-bond acceptors (Lipinski definition) is 6. The number of hydrogen-bond donors (Lipinski definition) is 2. The second kappa shape index (κ2) is 35.6.